The van der Waals surface area contributed by atoms with Crippen LogP contribution in [0.1, 0.15) is 28.5 Å². The van der Waals surface area contributed by atoms with Crippen LogP contribution in [0.25, 0.3) is 28.2 Å². The Morgan fingerprint density at radius 2 is 1.83 bits per heavy atom. The van der Waals surface area contributed by atoms with Crippen molar-refractivity contribution in [3.63, 3.8) is 0 Å². The minimum Gasteiger partial charge on any atom is -0.364 e. The molecule has 0 aliphatic carbocycles. The van der Waals surface area contributed by atoms with Crippen LogP contribution in [0.15, 0.2) is 47.3 Å². The van der Waals surface area contributed by atoms with Crippen LogP contribution in [0.4, 0.5) is 4.39 Å². The molecule has 7 nitrogen and oxygen atoms in total. The normalized spacial score (nSPS) is 11.2. The third kappa shape index (κ3) is 2.97. The van der Waals surface area contributed by atoms with E-state index in [2.05, 4.69) is 9.97 Å². The van der Waals surface area contributed by atoms with Crippen LogP contribution in [0, 0.1) is 19.7 Å². The van der Waals surface area contributed by atoms with Gasteiger partial charge in [-0.05, 0) is 56.2 Å². The lowest BCUT2D eigenvalue weighted by atomic mass is 10.1. The van der Waals surface area contributed by atoms with Gasteiger partial charge < -0.3 is 5.73 Å². The Kier molecular flexibility index (Phi) is 4.69. The molecule has 0 spiro atoms. The molecule has 2 heterocycles. The van der Waals surface area contributed by atoms with E-state index < -0.39 is 11.7 Å². The van der Waals surface area contributed by atoms with E-state index in [-0.39, 0.29) is 40.5 Å². The van der Waals surface area contributed by atoms with Crippen molar-refractivity contribution in [3.05, 3.63) is 75.6 Å². The molecule has 0 aliphatic rings. The molecule has 0 unspecified atom stereocenters. The van der Waals surface area contributed by atoms with E-state index in [1.165, 1.54) is 21.3 Å². The van der Waals surface area contributed by atoms with Gasteiger partial charge in [-0.25, -0.2) is 23.7 Å². The molecule has 152 valence electrons. The van der Waals surface area contributed by atoms with E-state index in [1.54, 1.807) is 25.1 Å². The summed E-state index contributed by atoms with van der Waals surface area (Å²) >= 11 is 0. The van der Waals surface area contributed by atoms with Crippen LogP contribution in [-0.4, -0.2) is 25.0 Å². The van der Waals surface area contributed by atoms with Crippen molar-refractivity contribution < 1.29 is 9.18 Å². The molecule has 30 heavy (non-hydrogen) atoms. The molecule has 0 bridgehead atoms. The van der Waals surface area contributed by atoms with Crippen molar-refractivity contribution in [1.82, 2.24) is 19.1 Å². The number of rotatable bonds is 4. The highest BCUT2D eigenvalue weighted by Crippen LogP contribution is 2.25. The molecule has 0 atom stereocenters. The lowest BCUT2D eigenvalue weighted by Crippen LogP contribution is -2.23. The summed E-state index contributed by atoms with van der Waals surface area (Å²) < 4.78 is 17.2. The maximum atomic E-state index is 14.4. The monoisotopic (exact) mass is 405 g/mol. The van der Waals surface area contributed by atoms with Gasteiger partial charge in [-0.2, -0.15) is 0 Å². The van der Waals surface area contributed by atoms with E-state index in [0.717, 1.165) is 11.1 Å². The molecule has 0 saturated carbocycles. The zero-order chi connectivity index (χ0) is 21.6. The number of nitrogens with zero attached hydrogens (tertiary/aromatic N) is 4. The second-order valence-electron chi connectivity index (χ2n) is 7.04. The standard InChI is InChI=1S/C22H20FN5O2/c1-4-27-18-17(19(24)29)25-20(15-7-5-6-8-16(15)23)26-21(18)28(22(27)30)14-10-9-12(2)13(3)11-14/h5-11H,4H2,1-3H3,(H2,24,29). The van der Waals surface area contributed by atoms with Crippen molar-refractivity contribution in [2.45, 2.75) is 27.3 Å². The molecule has 0 aliphatic heterocycles. The number of carbonyl (C=O) groups excluding carboxylic acids is 1. The van der Waals surface area contributed by atoms with Crippen molar-refractivity contribution in [2.75, 3.05) is 0 Å². The van der Waals surface area contributed by atoms with Gasteiger partial charge in [-0.15, -0.1) is 0 Å². The smallest absolute Gasteiger partial charge is 0.335 e. The summed E-state index contributed by atoms with van der Waals surface area (Å²) in [5, 5.41) is 0. The number of aromatic nitrogens is 4. The van der Waals surface area contributed by atoms with Gasteiger partial charge in [-0.1, -0.05) is 18.2 Å². The number of nitrogens with two attached hydrogens (primary N) is 1. The van der Waals surface area contributed by atoms with E-state index in [9.17, 15) is 14.0 Å². The number of fused-ring (bicyclic) bond motifs is 1. The highest BCUT2D eigenvalue weighted by atomic mass is 19.1. The van der Waals surface area contributed by atoms with Gasteiger partial charge in [-0.3, -0.25) is 9.36 Å². The second-order valence-corrected chi connectivity index (χ2v) is 7.04. The molecule has 2 aromatic heterocycles. The number of hydrogen-bond acceptors (Lipinski definition) is 4. The molecule has 0 saturated heterocycles. The Labute approximate surface area is 171 Å². The fourth-order valence-electron chi connectivity index (χ4n) is 3.48. The molecule has 2 N–H and O–H groups in total. The molecular formula is C22H20FN5O2. The topological polar surface area (TPSA) is 95.8 Å². The summed E-state index contributed by atoms with van der Waals surface area (Å²) in [5.41, 5.74) is 8.29. The van der Waals surface area contributed by atoms with Crippen LogP contribution in [0.5, 0.6) is 0 Å². The average Bonchev–Trinajstić information content (AvgIpc) is 3.00. The quantitative estimate of drug-likeness (QED) is 0.564. The van der Waals surface area contributed by atoms with Crippen molar-refractivity contribution in [1.29, 1.82) is 0 Å². The SMILES string of the molecule is CCn1c(=O)n(-c2ccc(C)c(C)c2)c2nc(-c3ccccc3F)nc(C(N)=O)c21. The summed E-state index contributed by atoms with van der Waals surface area (Å²) in [6, 6.07) is 11.6. The first-order chi connectivity index (χ1) is 14.3. The molecule has 1 amide bonds. The van der Waals surface area contributed by atoms with Crippen LogP contribution < -0.4 is 11.4 Å². The van der Waals surface area contributed by atoms with Gasteiger partial charge in [0.25, 0.3) is 5.91 Å². The number of benzene rings is 2. The summed E-state index contributed by atoms with van der Waals surface area (Å²) in [6.45, 7) is 5.98. The highest BCUT2D eigenvalue weighted by molar-refractivity contribution is 6.02. The number of carbonyl (C=O) groups is 1. The van der Waals surface area contributed by atoms with Crippen molar-refractivity contribution in [3.8, 4) is 17.1 Å². The maximum Gasteiger partial charge on any atom is 0.335 e. The number of hydrogen-bond donors (Lipinski definition) is 1. The summed E-state index contributed by atoms with van der Waals surface area (Å²) in [7, 11) is 0. The fraction of sp³-hybridized carbons (Fsp3) is 0.182. The maximum absolute atomic E-state index is 14.4. The number of aryl methyl sites for hydroxylation is 3. The Morgan fingerprint density at radius 1 is 1.10 bits per heavy atom. The third-order valence-electron chi connectivity index (χ3n) is 5.18. The largest absolute Gasteiger partial charge is 0.364 e. The highest BCUT2D eigenvalue weighted by Gasteiger charge is 2.24. The first kappa shape index (κ1) is 19.5. The van der Waals surface area contributed by atoms with Crippen LogP contribution >= 0.6 is 0 Å². The second kappa shape index (κ2) is 7.22. The summed E-state index contributed by atoms with van der Waals surface area (Å²) in [4.78, 5) is 34.2. The first-order valence-electron chi connectivity index (χ1n) is 9.49. The zero-order valence-corrected chi connectivity index (χ0v) is 16.8. The van der Waals surface area contributed by atoms with E-state index in [1.807, 2.05) is 26.0 Å². The van der Waals surface area contributed by atoms with Gasteiger partial charge in [0.15, 0.2) is 17.2 Å². The van der Waals surface area contributed by atoms with Crippen molar-refractivity contribution >= 4 is 17.1 Å². The molecule has 0 fully saturated rings. The molecule has 4 aromatic rings. The minimum atomic E-state index is -0.820. The van der Waals surface area contributed by atoms with Crippen LogP contribution in [0.2, 0.25) is 0 Å². The predicted molar refractivity (Wildman–Crippen MR) is 112 cm³/mol. The van der Waals surface area contributed by atoms with Crippen LogP contribution in [-0.2, 0) is 6.54 Å². The number of imidazole rings is 1. The van der Waals surface area contributed by atoms with Gasteiger partial charge in [0.2, 0.25) is 0 Å². The Bertz CT molecular complexity index is 1370. The van der Waals surface area contributed by atoms with Gasteiger partial charge >= 0.3 is 5.69 Å². The fourth-order valence-corrected chi connectivity index (χ4v) is 3.48. The molecular weight excluding hydrogens is 385 g/mol. The van der Waals surface area contributed by atoms with Crippen LogP contribution in [0.3, 0.4) is 0 Å². The Balaban J connectivity index is 2.16. The lowest BCUT2D eigenvalue weighted by Gasteiger charge is -2.08. The predicted octanol–water partition coefficient (Wildman–Crippen LogP) is 3.12. The van der Waals surface area contributed by atoms with E-state index in [4.69, 9.17) is 5.73 Å². The Hall–Kier alpha value is -3.81. The van der Waals surface area contributed by atoms with Crippen molar-refractivity contribution in [2.24, 2.45) is 5.73 Å². The lowest BCUT2D eigenvalue weighted by molar-refractivity contribution is 0.0997. The number of primary amides is 1. The molecule has 0 radical (unpaired) electrons. The molecule has 4 rings (SSSR count). The molecule has 2 aromatic carbocycles. The number of amides is 1. The summed E-state index contributed by atoms with van der Waals surface area (Å²) in [5.74, 6) is -1.37. The average molecular weight is 405 g/mol. The minimum absolute atomic E-state index is 0.0137. The van der Waals surface area contributed by atoms with Gasteiger partial charge in [0.1, 0.15) is 11.3 Å². The van der Waals surface area contributed by atoms with E-state index in [0.29, 0.717) is 5.69 Å². The third-order valence-corrected chi connectivity index (χ3v) is 5.18. The van der Waals surface area contributed by atoms with E-state index >= 15 is 0 Å². The zero-order valence-electron chi connectivity index (χ0n) is 16.8. The number of halogens is 1. The summed E-state index contributed by atoms with van der Waals surface area (Å²) in [6.07, 6.45) is 0. The van der Waals surface area contributed by atoms with Gasteiger partial charge in [0, 0.05) is 6.54 Å². The Morgan fingerprint density at radius 3 is 2.47 bits per heavy atom. The molecule has 8 heteroatoms. The van der Waals surface area contributed by atoms with Gasteiger partial charge in [0.05, 0.1) is 11.3 Å². The first-order valence-corrected chi connectivity index (χ1v) is 9.49.